The van der Waals surface area contributed by atoms with Gasteiger partial charge in [-0.25, -0.2) is 8.42 Å². The van der Waals surface area contributed by atoms with Gasteiger partial charge >= 0.3 is 0 Å². The molecule has 1 atom stereocenters. The summed E-state index contributed by atoms with van der Waals surface area (Å²) in [5.41, 5.74) is 1.99. The number of benzene rings is 2. The van der Waals surface area contributed by atoms with Gasteiger partial charge in [0.25, 0.3) is 15.9 Å². The molecule has 1 aliphatic heterocycles. The number of piperidine rings is 1. The van der Waals surface area contributed by atoms with Gasteiger partial charge in [-0.05, 0) is 74.6 Å². The van der Waals surface area contributed by atoms with Crippen LogP contribution < -0.4 is 10.0 Å². The molecule has 0 spiro atoms. The highest BCUT2D eigenvalue weighted by Gasteiger charge is 2.28. The van der Waals surface area contributed by atoms with Crippen molar-refractivity contribution in [2.75, 3.05) is 17.8 Å². The lowest BCUT2D eigenvalue weighted by atomic mass is 9.95. The van der Waals surface area contributed by atoms with E-state index in [1.165, 1.54) is 0 Å². The van der Waals surface area contributed by atoms with E-state index >= 15 is 0 Å². The lowest BCUT2D eigenvalue weighted by molar-refractivity contribution is -0.126. The van der Waals surface area contributed by atoms with Gasteiger partial charge < -0.3 is 10.2 Å². The maximum atomic E-state index is 12.9. The van der Waals surface area contributed by atoms with Crippen molar-refractivity contribution in [2.24, 2.45) is 5.92 Å². The second kappa shape index (κ2) is 11.5. The number of sulfonamides is 1. The Kier molecular flexibility index (Phi) is 8.72. The van der Waals surface area contributed by atoms with Gasteiger partial charge in [-0.1, -0.05) is 32.4 Å². The van der Waals surface area contributed by atoms with E-state index in [0.29, 0.717) is 37.2 Å². The van der Waals surface area contributed by atoms with E-state index in [1.807, 2.05) is 26.0 Å². The second-order valence-electron chi connectivity index (χ2n) is 8.96. The van der Waals surface area contributed by atoms with Crippen molar-refractivity contribution in [3.63, 3.8) is 0 Å². The van der Waals surface area contributed by atoms with E-state index < -0.39 is 10.0 Å². The van der Waals surface area contributed by atoms with Crippen LogP contribution in [0.5, 0.6) is 0 Å². The lowest BCUT2D eigenvalue weighted by Gasteiger charge is -2.32. The fourth-order valence-electron chi connectivity index (χ4n) is 4.01. The molecule has 1 fully saturated rings. The monoisotopic (exact) mass is 485 g/mol. The molecule has 0 aromatic heterocycles. The molecule has 8 heteroatoms. The van der Waals surface area contributed by atoms with Gasteiger partial charge in [-0.3, -0.25) is 14.3 Å². The Balaban J connectivity index is 1.57. The summed E-state index contributed by atoms with van der Waals surface area (Å²) in [5, 5.41) is 3.02. The molecule has 1 saturated heterocycles. The van der Waals surface area contributed by atoms with Crippen LogP contribution in [0.3, 0.4) is 0 Å². The lowest BCUT2D eigenvalue weighted by Crippen LogP contribution is -2.44. The zero-order valence-electron chi connectivity index (χ0n) is 20.2. The van der Waals surface area contributed by atoms with Crippen molar-refractivity contribution in [2.45, 2.75) is 63.8 Å². The molecular weight excluding hydrogens is 450 g/mol. The normalized spacial score (nSPS) is 15.6. The summed E-state index contributed by atoms with van der Waals surface area (Å²) in [6.45, 7) is 7.16. The summed E-state index contributed by atoms with van der Waals surface area (Å²) in [7, 11) is -3.71. The quantitative estimate of drug-likeness (QED) is 0.556. The molecule has 2 amide bonds. The molecule has 184 valence electrons. The van der Waals surface area contributed by atoms with E-state index in [1.54, 1.807) is 41.3 Å². The first-order valence-corrected chi connectivity index (χ1v) is 13.5. The first-order valence-electron chi connectivity index (χ1n) is 12.0. The fraction of sp³-hybridized carbons (Fsp3) is 0.462. The topological polar surface area (TPSA) is 95.6 Å². The molecule has 1 unspecified atom stereocenters. The van der Waals surface area contributed by atoms with Crippen LogP contribution in [-0.4, -0.2) is 44.3 Å². The third-order valence-corrected chi connectivity index (χ3v) is 7.71. The van der Waals surface area contributed by atoms with Crippen LogP contribution in [0.1, 0.15) is 62.4 Å². The third-order valence-electron chi connectivity index (χ3n) is 6.31. The molecule has 2 aromatic rings. The minimum atomic E-state index is -3.71. The van der Waals surface area contributed by atoms with Gasteiger partial charge in [-0.2, -0.15) is 0 Å². The Hall–Kier alpha value is -2.87. The Morgan fingerprint density at radius 1 is 1.00 bits per heavy atom. The molecular formula is C26H35N3O4S. The summed E-state index contributed by atoms with van der Waals surface area (Å²) in [4.78, 5) is 27.2. The van der Waals surface area contributed by atoms with Gasteiger partial charge in [0, 0.05) is 36.3 Å². The van der Waals surface area contributed by atoms with E-state index in [0.717, 1.165) is 24.8 Å². The molecule has 34 heavy (non-hydrogen) atoms. The van der Waals surface area contributed by atoms with Crippen molar-refractivity contribution >= 4 is 27.5 Å². The van der Waals surface area contributed by atoms with Gasteiger partial charge in [-0.15, -0.1) is 0 Å². The van der Waals surface area contributed by atoms with Crippen molar-refractivity contribution in [3.8, 4) is 0 Å². The first-order chi connectivity index (χ1) is 16.2. The van der Waals surface area contributed by atoms with E-state index in [2.05, 4.69) is 17.0 Å². The van der Waals surface area contributed by atoms with E-state index in [9.17, 15) is 18.0 Å². The number of rotatable bonds is 9. The smallest absolute Gasteiger partial charge is 0.261 e. The molecule has 3 rings (SSSR count). The van der Waals surface area contributed by atoms with Crippen LogP contribution in [0.2, 0.25) is 0 Å². The average molecular weight is 486 g/mol. The largest absolute Gasteiger partial charge is 0.353 e. The second-order valence-corrected chi connectivity index (χ2v) is 10.6. The molecule has 0 saturated carbocycles. The number of amides is 2. The summed E-state index contributed by atoms with van der Waals surface area (Å²) >= 11 is 0. The number of aryl methyl sites for hydroxylation is 1. The predicted molar refractivity (Wildman–Crippen MR) is 134 cm³/mol. The average Bonchev–Trinajstić information content (AvgIpc) is 2.84. The number of hydrogen-bond acceptors (Lipinski definition) is 4. The van der Waals surface area contributed by atoms with Gasteiger partial charge in [0.05, 0.1) is 4.90 Å². The van der Waals surface area contributed by atoms with Crippen LogP contribution in [0, 0.1) is 5.92 Å². The number of hydrogen-bond donors (Lipinski definition) is 2. The third kappa shape index (κ3) is 6.59. The Morgan fingerprint density at radius 2 is 1.62 bits per heavy atom. The van der Waals surface area contributed by atoms with Crippen LogP contribution in [0.15, 0.2) is 53.4 Å². The van der Waals surface area contributed by atoms with Gasteiger partial charge in [0.1, 0.15) is 0 Å². The molecule has 7 nitrogen and oxygen atoms in total. The number of nitrogens with zero attached hydrogens (tertiary/aromatic N) is 1. The maximum Gasteiger partial charge on any atom is 0.261 e. The van der Waals surface area contributed by atoms with Crippen molar-refractivity contribution in [1.82, 2.24) is 10.2 Å². The van der Waals surface area contributed by atoms with Crippen LogP contribution >= 0.6 is 0 Å². The Morgan fingerprint density at radius 3 is 2.18 bits per heavy atom. The van der Waals surface area contributed by atoms with Gasteiger partial charge in [0.15, 0.2) is 0 Å². The highest BCUT2D eigenvalue weighted by Crippen LogP contribution is 2.22. The van der Waals surface area contributed by atoms with E-state index in [4.69, 9.17) is 0 Å². The Bertz CT molecular complexity index is 1070. The zero-order valence-corrected chi connectivity index (χ0v) is 21.0. The number of likely N-dealkylation sites (tertiary alicyclic amines) is 1. The molecule has 0 aliphatic carbocycles. The summed E-state index contributed by atoms with van der Waals surface area (Å²) in [5.74, 6) is -0.106. The summed E-state index contributed by atoms with van der Waals surface area (Å²) in [6.07, 6.45) is 4.08. The van der Waals surface area contributed by atoms with Crippen molar-refractivity contribution in [1.29, 1.82) is 0 Å². The highest BCUT2D eigenvalue weighted by atomic mass is 32.2. The molecule has 2 aromatic carbocycles. The SMILES string of the molecule is CCCc1ccc(S(=O)(=O)Nc2ccc(C(=O)N3CCC(C(=O)NC(C)CC)CC3)cc2)cc1. The summed E-state index contributed by atoms with van der Waals surface area (Å²) < 4.78 is 28.0. The first kappa shape index (κ1) is 25.7. The molecule has 0 bridgehead atoms. The minimum Gasteiger partial charge on any atom is -0.353 e. The molecule has 1 heterocycles. The Labute approximate surface area is 203 Å². The molecule has 2 N–H and O–H groups in total. The number of anilines is 1. The summed E-state index contributed by atoms with van der Waals surface area (Å²) in [6, 6.07) is 13.5. The van der Waals surface area contributed by atoms with Crippen molar-refractivity contribution < 1.29 is 18.0 Å². The number of carbonyl (C=O) groups is 2. The van der Waals surface area contributed by atoms with E-state index in [-0.39, 0.29) is 28.7 Å². The maximum absolute atomic E-state index is 12.9. The fourth-order valence-corrected chi connectivity index (χ4v) is 5.07. The van der Waals surface area contributed by atoms with Gasteiger partial charge in [0.2, 0.25) is 5.91 Å². The van der Waals surface area contributed by atoms with Crippen LogP contribution in [-0.2, 0) is 21.2 Å². The minimum absolute atomic E-state index is 0.0640. The number of carbonyl (C=O) groups excluding carboxylic acids is 2. The predicted octanol–water partition coefficient (Wildman–Crippen LogP) is 4.21. The molecule has 1 aliphatic rings. The zero-order chi connectivity index (χ0) is 24.7. The highest BCUT2D eigenvalue weighted by molar-refractivity contribution is 7.92. The number of nitrogens with one attached hydrogen (secondary N) is 2. The van der Waals surface area contributed by atoms with Crippen molar-refractivity contribution in [3.05, 3.63) is 59.7 Å². The standard InChI is InChI=1S/C26H35N3O4S/c1-4-6-20-7-13-24(14-8-20)34(32,33)28-23-11-9-22(10-12-23)26(31)29-17-15-21(16-18-29)25(30)27-19(3)5-2/h7-14,19,21,28H,4-6,15-18H2,1-3H3,(H,27,30). The van der Waals surface area contributed by atoms with Crippen LogP contribution in [0.25, 0.3) is 0 Å². The molecule has 0 radical (unpaired) electrons. The van der Waals surface area contributed by atoms with Crippen LogP contribution in [0.4, 0.5) is 5.69 Å².